The maximum atomic E-state index is 12.9. The topological polar surface area (TPSA) is 45.7 Å². The Balaban J connectivity index is 1.50. The molecule has 2 aliphatic rings. The summed E-state index contributed by atoms with van der Waals surface area (Å²) in [6.45, 7) is 11.1. The van der Waals surface area contributed by atoms with E-state index in [0.29, 0.717) is 13.0 Å². The van der Waals surface area contributed by atoms with E-state index >= 15 is 0 Å². The second-order valence-corrected chi connectivity index (χ2v) is 9.58. The van der Waals surface area contributed by atoms with E-state index in [-0.39, 0.29) is 17.4 Å². The molecule has 0 N–H and O–H groups in total. The minimum absolute atomic E-state index is 0.0937. The molecule has 0 saturated carbocycles. The van der Waals surface area contributed by atoms with Crippen molar-refractivity contribution in [2.24, 2.45) is 5.41 Å². The smallest absolute Gasteiger partial charge is 0.223 e. The molecule has 2 fully saturated rings. The lowest BCUT2D eigenvalue weighted by Gasteiger charge is -2.32. The normalized spacial score (nSPS) is 24.7. The zero-order valence-corrected chi connectivity index (χ0v) is 17.8. The molecule has 1 aromatic carbocycles. The quantitative estimate of drug-likeness (QED) is 0.788. The Morgan fingerprint density at radius 3 is 2.75 bits per heavy atom. The highest BCUT2D eigenvalue weighted by Gasteiger charge is 2.46. The van der Waals surface area contributed by atoms with Crippen LogP contribution in [-0.2, 0) is 16.1 Å². The van der Waals surface area contributed by atoms with Crippen LogP contribution in [0.25, 0.3) is 0 Å². The zero-order chi connectivity index (χ0) is 19.7. The van der Waals surface area contributed by atoms with Gasteiger partial charge in [0.15, 0.2) is 0 Å². The maximum absolute atomic E-state index is 12.9. The fourth-order valence-electron chi connectivity index (χ4n) is 4.53. The highest BCUT2D eigenvalue weighted by Crippen LogP contribution is 2.39. The van der Waals surface area contributed by atoms with Crippen LogP contribution >= 0.6 is 11.3 Å². The molecule has 2 aromatic rings. The van der Waals surface area contributed by atoms with Crippen LogP contribution in [0, 0.1) is 19.3 Å². The van der Waals surface area contributed by atoms with Crippen LogP contribution < -0.4 is 0 Å². The predicted octanol–water partition coefficient (Wildman–Crippen LogP) is 3.57. The van der Waals surface area contributed by atoms with Gasteiger partial charge < -0.3 is 9.64 Å². The summed E-state index contributed by atoms with van der Waals surface area (Å²) in [6.07, 6.45) is 0.571. The Bertz CT molecular complexity index is 838. The summed E-state index contributed by atoms with van der Waals surface area (Å²) in [4.78, 5) is 23.3. The molecule has 28 heavy (non-hydrogen) atoms. The molecule has 1 amide bonds. The van der Waals surface area contributed by atoms with E-state index in [1.807, 2.05) is 23.1 Å². The number of ether oxygens (including phenoxy) is 1. The summed E-state index contributed by atoms with van der Waals surface area (Å²) in [5, 5.41) is 1.12. The minimum atomic E-state index is -0.121. The van der Waals surface area contributed by atoms with Gasteiger partial charge in [0.2, 0.25) is 5.91 Å². The van der Waals surface area contributed by atoms with Crippen molar-refractivity contribution in [3.63, 3.8) is 0 Å². The van der Waals surface area contributed by atoms with Crippen LogP contribution in [0.15, 0.2) is 30.3 Å². The first-order valence-corrected chi connectivity index (χ1v) is 10.8. The summed E-state index contributed by atoms with van der Waals surface area (Å²) in [6, 6.07) is 10.4. The third-order valence-corrected chi connectivity index (χ3v) is 7.05. The van der Waals surface area contributed by atoms with Crippen LogP contribution in [-0.4, -0.2) is 53.5 Å². The molecular weight excluding hydrogens is 370 g/mol. The van der Waals surface area contributed by atoms with Crippen molar-refractivity contribution in [2.75, 3.05) is 32.8 Å². The predicted molar refractivity (Wildman–Crippen MR) is 111 cm³/mol. The second kappa shape index (κ2) is 7.93. The van der Waals surface area contributed by atoms with E-state index in [4.69, 9.17) is 4.74 Å². The van der Waals surface area contributed by atoms with Gasteiger partial charge in [0, 0.05) is 42.9 Å². The van der Waals surface area contributed by atoms with Crippen molar-refractivity contribution in [3.05, 3.63) is 51.5 Å². The van der Waals surface area contributed by atoms with Gasteiger partial charge in [-0.25, -0.2) is 4.98 Å². The van der Waals surface area contributed by atoms with E-state index in [0.717, 1.165) is 43.5 Å². The number of thiazole rings is 1. The molecule has 2 aliphatic heterocycles. The average molecular weight is 400 g/mol. The summed E-state index contributed by atoms with van der Waals surface area (Å²) in [5.41, 5.74) is 2.20. The number of rotatable bonds is 4. The van der Waals surface area contributed by atoms with E-state index in [2.05, 4.69) is 42.8 Å². The number of carbonyl (C=O) groups is 1. The molecule has 1 aromatic heterocycles. The summed E-state index contributed by atoms with van der Waals surface area (Å²) >= 11 is 1.78. The fourth-order valence-corrected chi connectivity index (χ4v) is 5.51. The Kier molecular flexibility index (Phi) is 5.54. The number of carbonyl (C=O) groups excluding carboxylic acids is 1. The summed E-state index contributed by atoms with van der Waals surface area (Å²) < 4.78 is 5.98. The lowest BCUT2D eigenvalue weighted by atomic mass is 9.87. The number of nitrogens with zero attached hydrogens (tertiary/aromatic N) is 3. The molecule has 3 heterocycles. The van der Waals surface area contributed by atoms with Gasteiger partial charge >= 0.3 is 0 Å². The first kappa shape index (κ1) is 19.6. The lowest BCUT2D eigenvalue weighted by molar-refractivity contribution is -0.129. The van der Waals surface area contributed by atoms with Crippen LogP contribution in [0.4, 0.5) is 0 Å². The number of hydrogen-bond acceptors (Lipinski definition) is 5. The van der Waals surface area contributed by atoms with Crippen molar-refractivity contribution in [3.8, 4) is 0 Å². The summed E-state index contributed by atoms with van der Waals surface area (Å²) in [5.74, 6) is 0.242. The minimum Gasteiger partial charge on any atom is -0.379 e. The van der Waals surface area contributed by atoms with Gasteiger partial charge in [-0.3, -0.25) is 9.69 Å². The molecular formula is C22H29N3O2S. The fraction of sp³-hybridized carbons (Fsp3) is 0.545. The molecule has 0 unspecified atom stereocenters. The molecule has 150 valence electrons. The van der Waals surface area contributed by atoms with E-state index < -0.39 is 0 Å². The van der Waals surface area contributed by atoms with Crippen molar-refractivity contribution in [1.82, 2.24) is 14.8 Å². The zero-order valence-electron chi connectivity index (χ0n) is 17.0. The van der Waals surface area contributed by atoms with Crippen LogP contribution in [0.5, 0.6) is 0 Å². The van der Waals surface area contributed by atoms with Crippen molar-refractivity contribution in [1.29, 1.82) is 0 Å². The van der Waals surface area contributed by atoms with Gasteiger partial charge in [0.25, 0.3) is 0 Å². The molecule has 1 spiro atoms. The first-order chi connectivity index (χ1) is 13.5. The van der Waals surface area contributed by atoms with Crippen molar-refractivity contribution >= 4 is 17.2 Å². The number of aryl methyl sites for hydroxylation is 2. The van der Waals surface area contributed by atoms with Gasteiger partial charge in [-0.05, 0) is 26.3 Å². The average Bonchev–Trinajstić information content (AvgIpc) is 3.08. The SMILES string of the molecule is Cc1nc(C)c(CN2CCOC[C@@]3(CC(=O)N([C@H](C)c4ccccc4)C3)C2)s1. The van der Waals surface area contributed by atoms with Gasteiger partial charge in [0.1, 0.15) is 0 Å². The van der Waals surface area contributed by atoms with E-state index in [1.54, 1.807) is 11.3 Å². The van der Waals surface area contributed by atoms with Gasteiger partial charge in [-0.15, -0.1) is 11.3 Å². The standard InChI is InChI=1S/C22H29N3O2S/c1-16-20(28-18(3)23-16)12-24-9-10-27-15-22(13-24)11-21(26)25(14-22)17(2)19-7-5-4-6-8-19/h4-8,17H,9-15H2,1-3H3/t17-,22+/m1/s1. The molecule has 2 atom stereocenters. The first-order valence-electron chi connectivity index (χ1n) is 10.0. The molecule has 6 heteroatoms. The second-order valence-electron chi connectivity index (χ2n) is 8.29. The van der Waals surface area contributed by atoms with Crippen LogP contribution in [0.3, 0.4) is 0 Å². The molecule has 0 aliphatic carbocycles. The van der Waals surface area contributed by atoms with Gasteiger partial charge in [-0.1, -0.05) is 30.3 Å². The summed E-state index contributed by atoms with van der Waals surface area (Å²) in [7, 11) is 0. The molecule has 0 radical (unpaired) electrons. The highest BCUT2D eigenvalue weighted by molar-refractivity contribution is 7.11. The molecule has 5 nitrogen and oxygen atoms in total. The van der Waals surface area contributed by atoms with E-state index in [1.165, 1.54) is 10.4 Å². The lowest BCUT2D eigenvalue weighted by Crippen LogP contribution is -2.40. The largest absolute Gasteiger partial charge is 0.379 e. The Labute approximate surface area is 171 Å². The van der Waals surface area contributed by atoms with Crippen LogP contribution in [0.2, 0.25) is 0 Å². The highest BCUT2D eigenvalue weighted by atomic mass is 32.1. The Morgan fingerprint density at radius 1 is 1.25 bits per heavy atom. The van der Waals surface area contributed by atoms with Crippen molar-refractivity contribution < 1.29 is 9.53 Å². The third kappa shape index (κ3) is 4.00. The number of aromatic nitrogens is 1. The number of likely N-dealkylation sites (tertiary alicyclic amines) is 1. The van der Waals surface area contributed by atoms with Crippen LogP contribution in [0.1, 0.15) is 40.5 Å². The Hall–Kier alpha value is -1.76. The number of amides is 1. The van der Waals surface area contributed by atoms with Crippen molar-refractivity contribution in [2.45, 2.75) is 39.8 Å². The van der Waals surface area contributed by atoms with E-state index in [9.17, 15) is 4.79 Å². The molecule has 4 rings (SSSR count). The van der Waals surface area contributed by atoms with Gasteiger partial charge in [-0.2, -0.15) is 0 Å². The number of benzene rings is 1. The van der Waals surface area contributed by atoms with Gasteiger partial charge in [0.05, 0.1) is 30.0 Å². The molecule has 0 bridgehead atoms. The third-order valence-electron chi connectivity index (χ3n) is 5.99. The number of hydrogen-bond donors (Lipinski definition) is 0. The maximum Gasteiger partial charge on any atom is 0.223 e. The monoisotopic (exact) mass is 399 g/mol. The Morgan fingerprint density at radius 2 is 2.04 bits per heavy atom. The molecule has 2 saturated heterocycles.